The highest BCUT2D eigenvalue weighted by Crippen LogP contribution is 1.91. The van der Waals surface area contributed by atoms with E-state index in [9.17, 15) is 9.59 Å². The second-order valence-electron chi connectivity index (χ2n) is 2.23. The van der Waals surface area contributed by atoms with Gasteiger partial charge in [-0.15, -0.1) is 0 Å². The highest BCUT2D eigenvalue weighted by molar-refractivity contribution is 7.80. The first-order chi connectivity index (χ1) is 5.63. The van der Waals surface area contributed by atoms with Gasteiger partial charge < -0.3 is 5.32 Å². The fourth-order valence-electron chi connectivity index (χ4n) is 0.749. The maximum Gasteiger partial charge on any atom is 0.324 e. The van der Waals surface area contributed by atoms with E-state index in [1.807, 2.05) is 0 Å². The molecule has 0 spiro atoms. The van der Waals surface area contributed by atoms with Crippen molar-refractivity contribution in [1.82, 2.24) is 10.2 Å². The van der Waals surface area contributed by atoms with Crippen LogP contribution in [0.4, 0.5) is 4.79 Å². The van der Waals surface area contributed by atoms with Gasteiger partial charge in [-0.1, -0.05) is 0 Å². The van der Waals surface area contributed by atoms with Crippen molar-refractivity contribution in [3.05, 3.63) is 0 Å². The Bertz CT molecular complexity index is 173. The van der Waals surface area contributed by atoms with Gasteiger partial charge in [0, 0.05) is 25.8 Å². The first-order valence-electron chi connectivity index (χ1n) is 3.80. The number of hydrogen-bond acceptors (Lipinski definition) is 3. The van der Waals surface area contributed by atoms with Crippen molar-refractivity contribution in [1.29, 1.82) is 0 Å². The maximum atomic E-state index is 11.1. The molecule has 0 saturated carbocycles. The molecule has 0 aliphatic carbocycles. The van der Waals surface area contributed by atoms with Crippen LogP contribution in [0.25, 0.3) is 0 Å². The van der Waals surface area contributed by atoms with Crippen LogP contribution in [0, 0.1) is 0 Å². The first kappa shape index (κ1) is 11.3. The van der Waals surface area contributed by atoms with E-state index < -0.39 is 0 Å². The van der Waals surface area contributed by atoms with E-state index in [1.165, 1.54) is 6.92 Å². The predicted molar refractivity (Wildman–Crippen MR) is 50.3 cm³/mol. The smallest absolute Gasteiger partial charge is 0.324 e. The van der Waals surface area contributed by atoms with Crippen LogP contribution in [0.1, 0.15) is 13.8 Å². The molecule has 4 nitrogen and oxygen atoms in total. The van der Waals surface area contributed by atoms with Crippen LogP contribution >= 0.6 is 12.6 Å². The van der Waals surface area contributed by atoms with Gasteiger partial charge in [0.05, 0.1) is 0 Å². The summed E-state index contributed by atoms with van der Waals surface area (Å²) < 4.78 is 0. The molecule has 5 heteroatoms. The fourth-order valence-corrected chi connectivity index (χ4v) is 0.949. The summed E-state index contributed by atoms with van der Waals surface area (Å²) in [7, 11) is 0. The molecule has 12 heavy (non-hydrogen) atoms. The Hall–Kier alpha value is -0.710. The minimum Gasteiger partial charge on any atom is -0.338 e. The Morgan fingerprint density at radius 1 is 1.50 bits per heavy atom. The van der Waals surface area contributed by atoms with E-state index in [-0.39, 0.29) is 11.9 Å². The summed E-state index contributed by atoms with van der Waals surface area (Å²) in [5.41, 5.74) is 0. The van der Waals surface area contributed by atoms with Gasteiger partial charge in [-0.3, -0.25) is 9.69 Å². The zero-order valence-corrected chi connectivity index (χ0v) is 8.23. The number of hydrogen-bond donors (Lipinski definition) is 2. The summed E-state index contributed by atoms with van der Waals surface area (Å²) in [6.07, 6.45) is 0. The zero-order chi connectivity index (χ0) is 9.56. The van der Waals surface area contributed by atoms with Gasteiger partial charge in [0.1, 0.15) is 0 Å². The molecule has 0 unspecified atom stereocenters. The van der Waals surface area contributed by atoms with Gasteiger partial charge in [0.2, 0.25) is 5.91 Å². The number of nitrogens with one attached hydrogen (secondary N) is 1. The quantitative estimate of drug-likeness (QED) is 0.636. The van der Waals surface area contributed by atoms with Crippen molar-refractivity contribution in [2.45, 2.75) is 13.8 Å². The largest absolute Gasteiger partial charge is 0.338 e. The lowest BCUT2D eigenvalue weighted by Crippen LogP contribution is -2.43. The maximum absolute atomic E-state index is 11.1. The molecule has 1 N–H and O–H groups in total. The van der Waals surface area contributed by atoms with E-state index in [4.69, 9.17) is 0 Å². The number of rotatable bonds is 3. The van der Waals surface area contributed by atoms with Crippen LogP contribution in [0.2, 0.25) is 0 Å². The van der Waals surface area contributed by atoms with Crippen molar-refractivity contribution in [3.63, 3.8) is 0 Å². The van der Waals surface area contributed by atoms with Crippen molar-refractivity contribution >= 4 is 24.6 Å². The molecule has 0 heterocycles. The molecule has 0 aliphatic heterocycles. The summed E-state index contributed by atoms with van der Waals surface area (Å²) in [6.45, 7) is 4.04. The van der Waals surface area contributed by atoms with Crippen molar-refractivity contribution in [2.24, 2.45) is 0 Å². The highest BCUT2D eigenvalue weighted by Gasteiger charge is 2.15. The third-order valence-electron chi connectivity index (χ3n) is 1.28. The first-order valence-corrected chi connectivity index (χ1v) is 4.43. The molecule has 0 aromatic carbocycles. The average molecular weight is 190 g/mol. The van der Waals surface area contributed by atoms with Crippen LogP contribution in [-0.2, 0) is 4.79 Å². The number of amides is 3. The molecule has 0 aromatic rings. The topological polar surface area (TPSA) is 49.4 Å². The summed E-state index contributed by atoms with van der Waals surface area (Å²) in [5, 5.41) is 2.54. The number of carbonyl (C=O) groups excluding carboxylic acids is 2. The normalized spacial score (nSPS) is 9.25. The SMILES string of the molecule is CCNC(=O)N(CCS)C(C)=O. The molecule has 0 fully saturated rings. The second kappa shape index (κ2) is 5.88. The van der Waals surface area contributed by atoms with Crippen LogP contribution in [0.15, 0.2) is 0 Å². The molecule has 0 aliphatic rings. The Kier molecular flexibility index (Phi) is 5.53. The number of thiol groups is 1. The molecule has 3 amide bonds. The Labute approximate surface area is 77.7 Å². The second-order valence-corrected chi connectivity index (χ2v) is 2.68. The van der Waals surface area contributed by atoms with Crippen LogP contribution < -0.4 is 5.32 Å². The third-order valence-corrected chi connectivity index (χ3v) is 1.48. The number of carbonyl (C=O) groups is 2. The summed E-state index contributed by atoms with van der Waals surface area (Å²) in [6, 6.07) is -0.348. The van der Waals surface area contributed by atoms with Crippen LogP contribution in [-0.4, -0.2) is 35.7 Å². The standard InChI is InChI=1S/C7H14N2O2S/c1-3-8-7(11)9(4-5-12)6(2)10/h12H,3-5H2,1-2H3,(H,8,11). The molecule has 0 aromatic heterocycles. The molecule has 0 rings (SSSR count). The molecular weight excluding hydrogens is 176 g/mol. The summed E-state index contributed by atoms with van der Waals surface area (Å²) >= 11 is 3.94. The molecular formula is C7H14N2O2S. The van der Waals surface area contributed by atoms with Gasteiger partial charge in [0.25, 0.3) is 0 Å². The van der Waals surface area contributed by atoms with Crippen molar-refractivity contribution < 1.29 is 9.59 Å². The monoisotopic (exact) mass is 190 g/mol. The van der Waals surface area contributed by atoms with Crippen molar-refractivity contribution in [3.8, 4) is 0 Å². The van der Waals surface area contributed by atoms with E-state index in [1.54, 1.807) is 6.92 Å². The Balaban J connectivity index is 4.09. The Morgan fingerprint density at radius 3 is 2.42 bits per heavy atom. The van der Waals surface area contributed by atoms with Gasteiger partial charge in [-0.2, -0.15) is 12.6 Å². The minimum absolute atomic E-state index is 0.255. The fraction of sp³-hybridized carbons (Fsp3) is 0.714. The van der Waals surface area contributed by atoms with Crippen LogP contribution in [0.5, 0.6) is 0 Å². The predicted octanol–water partition coefficient (Wildman–Crippen LogP) is 0.494. The summed E-state index contributed by atoms with van der Waals surface area (Å²) in [5.74, 6) is 0.228. The van der Waals surface area contributed by atoms with E-state index in [2.05, 4.69) is 17.9 Å². The van der Waals surface area contributed by atoms with Gasteiger partial charge in [0.15, 0.2) is 0 Å². The molecule has 0 saturated heterocycles. The van der Waals surface area contributed by atoms with Gasteiger partial charge >= 0.3 is 6.03 Å². The highest BCUT2D eigenvalue weighted by atomic mass is 32.1. The molecule has 0 atom stereocenters. The number of urea groups is 1. The lowest BCUT2D eigenvalue weighted by atomic mass is 10.5. The zero-order valence-electron chi connectivity index (χ0n) is 7.33. The third kappa shape index (κ3) is 3.61. The van der Waals surface area contributed by atoms with E-state index in [0.29, 0.717) is 18.8 Å². The number of nitrogens with zero attached hydrogens (tertiary/aromatic N) is 1. The number of imide groups is 1. The van der Waals surface area contributed by atoms with Crippen LogP contribution in [0.3, 0.4) is 0 Å². The van der Waals surface area contributed by atoms with E-state index in [0.717, 1.165) is 4.90 Å². The minimum atomic E-state index is -0.348. The lowest BCUT2D eigenvalue weighted by molar-refractivity contribution is -0.125. The molecule has 70 valence electrons. The van der Waals surface area contributed by atoms with Crippen molar-refractivity contribution in [2.75, 3.05) is 18.8 Å². The molecule has 0 radical (unpaired) electrons. The molecule has 0 bridgehead atoms. The van der Waals surface area contributed by atoms with Gasteiger partial charge in [-0.05, 0) is 6.92 Å². The van der Waals surface area contributed by atoms with E-state index >= 15 is 0 Å². The average Bonchev–Trinajstić information content (AvgIpc) is 1.99. The Morgan fingerprint density at radius 2 is 2.08 bits per heavy atom. The summed E-state index contributed by atoms with van der Waals surface area (Å²) in [4.78, 5) is 23.2. The lowest BCUT2D eigenvalue weighted by Gasteiger charge is -2.17. The van der Waals surface area contributed by atoms with Gasteiger partial charge in [-0.25, -0.2) is 4.79 Å².